The molecular weight excluding hydrogens is 345 g/mol. The fourth-order valence-electron chi connectivity index (χ4n) is 4.78. The van der Waals surface area contributed by atoms with Crippen LogP contribution in [0.3, 0.4) is 0 Å². The minimum absolute atomic E-state index is 0.588. The van der Waals surface area contributed by atoms with E-state index in [4.69, 9.17) is 0 Å². The number of nitrogens with zero attached hydrogens (tertiary/aromatic N) is 1. The van der Waals surface area contributed by atoms with Crippen molar-refractivity contribution in [2.45, 2.75) is 41.5 Å². The Kier molecular flexibility index (Phi) is 4.37. The van der Waals surface area contributed by atoms with E-state index in [9.17, 15) is 10.0 Å². The molecule has 4 heteroatoms. The molecule has 0 spiro atoms. The molecule has 4 aromatic rings. The minimum atomic E-state index is -1.46. The third-order valence-corrected chi connectivity index (χ3v) is 5.72. The van der Waals surface area contributed by atoms with Gasteiger partial charge in [-0.25, -0.2) is 0 Å². The molecule has 0 aliphatic carbocycles. The summed E-state index contributed by atoms with van der Waals surface area (Å²) in [7, 11) is -1.46. The van der Waals surface area contributed by atoms with Gasteiger partial charge in [-0.05, 0) is 93.5 Å². The van der Waals surface area contributed by atoms with Crippen molar-refractivity contribution in [2.24, 2.45) is 0 Å². The highest BCUT2D eigenvalue weighted by atomic mass is 16.4. The zero-order valence-electron chi connectivity index (χ0n) is 17.4. The molecular formula is C24H26BNO2. The summed E-state index contributed by atoms with van der Waals surface area (Å²) in [5.74, 6) is 0. The lowest BCUT2D eigenvalue weighted by molar-refractivity contribution is 0.425. The SMILES string of the molecule is Cc1cc(C)c2c(c1)c1cc(C)cc(C)c1n2-c1cc(C)c(B(O)O)c(C)c1. The van der Waals surface area contributed by atoms with E-state index in [1.54, 1.807) is 0 Å². The quantitative estimate of drug-likeness (QED) is 0.516. The molecule has 0 aliphatic heterocycles. The van der Waals surface area contributed by atoms with Gasteiger partial charge in [-0.15, -0.1) is 0 Å². The standard InChI is InChI=1S/C24H26BNO2/c1-13-7-17(5)23-20(9-13)21-10-14(2)8-18(6)24(21)26(23)19-11-15(3)22(25(27)28)16(4)12-19/h7-12,27-28H,1-6H3. The van der Waals surface area contributed by atoms with Gasteiger partial charge in [-0.3, -0.25) is 0 Å². The van der Waals surface area contributed by atoms with E-state index in [2.05, 4.69) is 68.7 Å². The summed E-state index contributed by atoms with van der Waals surface area (Å²) >= 11 is 0. The molecule has 142 valence electrons. The topological polar surface area (TPSA) is 45.4 Å². The predicted molar refractivity (Wildman–Crippen MR) is 119 cm³/mol. The Balaban J connectivity index is 2.21. The second kappa shape index (κ2) is 6.51. The highest BCUT2D eigenvalue weighted by Gasteiger charge is 2.21. The van der Waals surface area contributed by atoms with E-state index in [0.717, 1.165) is 16.8 Å². The van der Waals surface area contributed by atoms with Gasteiger partial charge in [0.15, 0.2) is 0 Å². The van der Waals surface area contributed by atoms with Crippen LogP contribution in [0, 0.1) is 41.5 Å². The second-order valence-corrected chi connectivity index (χ2v) is 8.16. The van der Waals surface area contributed by atoms with Gasteiger partial charge in [-0.2, -0.15) is 0 Å². The summed E-state index contributed by atoms with van der Waals surface area (Å²) in [5.41, 5.74) is 10.8. The van der Waals surface area contributed by atoms with Crippen molar-refractivity contribution in [3.8, 4) is 5.69 Å². The average Bonchev–Trinajstić information content (AvgIpc) is 2.88. The molecule has 0 fully saturated rings. The Morgan fingerprint density at radius 1 is 0.607 bits per heavy atom. The van der Waals surface area contributed by atoms with Crippen LogP contribution in [-0.2, 0) is 0 Å². The molecule has 4 rings (SSSR count). The van der Waals surface area contributed by atoms with Gasteiger partial charge in [0.05, 0.1) is 11.0 Å². The molecule has 0 bridgehead atoms. The van der Waals surface area contributed by atoms with Crippen LogP contribution in [0.5, 0.6) is 0 Å². The zero-order chi connectivity index (χ0) is 20.3. The summed E-state index contributed by atoms with van der Waals surface area (Å²) in [6, 6.07) is 13.1. The van der Waals surface area contributed by atoms with Crippen LogP contribution in [0.2, 0.25) is 0 Å². The second-order valence-electron chi connectivity index (χ2n) is 8.16. The molecule has 28 heavy (non-hydrogen) atoms. The van der Waals surface area contributed by atoms with Gasteiger partial charge < -0.3 is 14.6 Å². The number of aromatic nitrogens is 1. The summed E-state index contributed by atoms with van der Waals surface area (Å²) < 4.78 is 2.34. The molecule has 2 N–H and O–H groups in total. The highest BCUT2D eigenvalue weighted by Crippen LogP contribution is 2.37. The fraction of sp³-hybridized carbons (Fsp3) is 0.250. The van der Waals surface area contributed by atoms with Gasteiger partial charge >= 0.3 is 7.12 Å². The summed E-state index contributed by atoms with van der Waals surface area (Å²) in [6.07, 6.45) is 0. The molecule has 0 aliphatic rings. The monoisotopic (exact) mass is 371 g/mol. The Labute approximate surface area is 166 Å². The van der Waals surface area contributed by atoms with Crippen molar-refractivity contribution < 1.29 is 10.0 Å². The molecule has 3 nitrogen and oxygen atoms in total. The molecule has 0 saturated heterocycles. The summed E-state index contributed by atoms with van der Waals surface area (Å²) in [4.78, 5) is 0. The van der Waals surface area contributed by atoms with E-state index < -0.39 is 7.12 Å². The first-order valence-electron chi connectivity index (χ1n) is 9.69. The maximum atomic E-state index is 9.75. The predicted octanol–water partition coefficient (Wildman–Crippen LogP) is 4.31. The van der Waals surface area contributed by atoms with Crippen molar-refractivity contribution in [2.75, 3.05) is 0 Å². The number of aryl methyl sites for hydroxylation is 6. The van der Waals surface area contributed by atoms with Crippen LogP contribution in [0.4, 0.5) is 0 Å². The van der Waals surface area contributed by atoms with Gasteiger partial charge in [-0.1, -0.05) is 23.3 Å². The van der Waals surface area contributed by atoms with Crippen molar-refractivity contribution in [3.63, 3.8) is 0 Å². The molecule has 1 heterocycles. The Morgan fingerprint density at radius 2 is 1.04 bits per heavy atom. The molecule has 0 unspecified atom stereocenters. The minimum Gasteiger partial charge on any atom is -0.423 e. The lowest BCUT2D eigenvalue weighted by Gasteiger charge is -2.16. The van der Waals surface area contributed by atoms with E-state index >= 15 is 0 Å². The smallest absolute Gasteiger partial charge is 0.423 e. The lowest BCUT2D eigenvalue weighted by Crippen LogP contribution is -2.34. The Morgan fingerprint density at radius 3 is 1.43 bits per heavy atom. The van der Waals surface area contributed by atoms with Gasteiger partial charge in [0.25, 0.3) is 0 Å². The van der Waals surface area contributed by atoms with Crippen LogP contribution >= 0.6 is 0 Å². The zero-order valence-corrected chi connectivity index (χ0v) is 17.4. The molecule has 0 atom stereocenters. The van der Waals surface area contributed by atoms with Crippen LogP contribution in [0.25, 0.3) is 27.5 Å². The maximum Gasteiger partial charge on any atom is 0.488 e. The van der Waals surface area contributed by atoms with Crippen LogP contribution in [-0.4, -0.2) is 21.7 Å². The first kappa shape index (κ1) is 18.8. The van der Waals surface area contributed by atoms with E-state index in [-0.39, 0.29) is 0 Å². The van der Waals surface area contributed by atoms with Crippen LogP contribution in [0.1, 0.15) is 33.4 Å². The fourth-order valence-corrected chi connectivity index (χ4v) is 4.78. The molecule has 0 saturated carbocycles. The van der Waals surface area contributed by atoms with Crippen molar-refractivity contribution in [1.82, 2.24) is 4.57 Å². The van der Waals surface area contributed by atoms with E-state index in [0.29, 0.717) is 5.46 Å². The third-order valence-electron chi connectivity index (χ3n) is 5.72. The number of hydrogen-bond donors (Lipinski definition) is 2. The lowest BCUT2D eigenvalue weighted by atomic mass is 9.74. The van der Waals surface area contributed by atoms with Crippen LogP contribution in [0.15, 0.2) is 36.4 Å². The Hall–Kier alpha value is -2.56. The van der Waals surface area contributed by atoms with Crippen LogP contribution < -0.4 is 5.46 Å². The van der Waals surface area contributed by atoms with Crippen molar-refractivity contribution in [3.05, 3.63) is 69.8 Å². The first-order chi connectivity index (χ1) is 13.2. The molecule has 0 amide bonds. The maximum absolute atomic E-state index is 9.75. The normalized spacial score (nSPS) is 11.6. The average molecular weight is 371 g/mol. The summed E-state index contributed by atoms with van der Waals surface area (Å²) in [6.45, 7) is 12.5. The van der Waals surface area contributed by atoms with Crippen molar-refractivity contribution >= 4 is 34.4 Å². The van der Waals surface area contributed by atoms with Gasteiger partial charge in [0.1, 0.15) is 0 Å². The molecule has 1 aromatic heterocycles. The number of fused-ring (bicyclic) bond motifs is 3. The summed E-state index contributed by atoms with van der Waals surface area (Å²) in [5, 5.41) is 22.0. The molecule has 0 radical (unpaired) electrons. The number of benzene rings is 3. The number of rotatable bonds is 2. The van der Waals surface area contributed by atoms with Gasteiger partial charge in [0.2, 0.25) is 0 Å². The van der Waals surface area contributed by atoms with E-state index in [1.165, 1.54) is 44.1 Å². The number of hydrogen-bond acceptors (Lipinski definition) is 2. The Bertz CT molecular complexity index is 1160. The largest absolute Gasteiger partial charge is 0.488 e. The highest BCUT2D eigenvalue weighted by molar-refractivity contribution is 6.59. The first-order valence-corrected chi connectivity index (χ1v) is 9.69. The van der Waals surface area contributed by atoms with Gasteiger partial charge in [0, 0.05) is 16.5 Å². The third kappa shape index (κ3) is 2.76. The van der Waals surface area contributed by atoms with E-state index in [1.807, 2.05) is 13.8 Å². The van der Waals surface area contributed by atoms with Crippen molar-refractivity contribution in [1.29, 1.82) is 0 Å². The molecule has 3 aromatic carbocycles.